The first-order valence-electron chi connectivity index (χ1n) is 5.66. The monoisotopic (exact) mass is 240 g/mol. The predicted octanol–water partition coefficient (Wildman–Crippen LogP) is 3.70. The van der Waals surface area contributed by atoms with Crippen molar-refractivity contribution >= 4 is 5.97 Å². The van der Waals surface area contributed by atoms with E-state index < -0.39 is 18.1 Å². The second-order valence-corrected chi connectivity index (χ2v) is 3.76. The third-order valence-electron chi connectivity index (χ3n) is 2.27. The Kier molecular flexibility index (Phi) is 7.17. The number of carbonyl (C=O) groups is 1. The van der Waals surface area contributed by atoms with Crippen LogP contribution in [0.25, 0.3) is 0 Å². The lowest BCUT2D eigenvalue weighted by Gasteiger charge is -2.18. The maximum atomic E-state index is 12.5. The molecule has 0 radical (unpaired) electrons. The zero-order valence-corrected chi connectivity index (χ0v) is 9.77. The van der Waals surface area contributed by atoms with Gasteiger partial charge in [-0.3, -0.25) is 4.79 Å². The van der Waals surface area contributed by atoms with Gasteiger partial charge < -0.3 is 4.74 Å². The van der Waals surface area contributed by atoms with Crippen LogP contribution in [0.2, 0.25) is 0 Å². The van der Waals surface area contributed by atoms with Gasteiger partial charge in [0.05, 0.1) is 6.61 Å². The van der Waals surface area contributed by atoms with Gasteiger partial charge in [0.2, 0.25) is 0 Å². The second-order valence-electron chi connectivity index (χ2n) is 3.76. The Balaban J connectivity index is 4.22. The van der Waals surface area contributed by atoms with E-state index in [-0.39, 0.29) is 13.0 Å². The molecule has 1 atom stereocenters. The number of ether oxygens (including phenoxy) is 1. The molecule has 0 aromatic carbocycles. The van der Waals surface area contributed by atoms with Crippen molar-refractivity contribution in [2.75, 3.05) is 6.61 Å². The van der Waals surface area contributed by atoms with Crippen LogP contribution in [0.5, 0.6) is 0 Å². The maximum Gasteiger partial charge on any atom is 0.402 e. The molecule has 0 fully saturated rings. The largest absolute Gasteiger partial charge is 0.465 e. The van der Waals surface area contributed by atoms with Gasteiger partial charge in [-0.15, -0.1) is 0 Å². The van der Waals surface area contributed by atoms with Crippen LogP contribution in [-0.2, 0) is 9.53 Å². The molecule has 0 saturated carbocycles. The molecule has 16 heavy (non-hydrogen) atoms. The molecule has 96 valence electrons. The van der Waals surface area contributed by atoms with Crippen LogP contribution in [0.4, 0.5) is 13.2 Å². The summed E-state index contributed by atoms with van der Waals surface area (Å²) in [5.41, 5.74) is 0. The zero-order valence-electron chi connectivity index (χ0n) is 9.77. The quantitative estimate of drug-likeness (QED) is 0.501. The second kappa shape index (κ2) is 7.52. The Labute approximate surface area is 94.2 Å². The third-order valence-corrected chi connectivity index (χ3v) is 2.27. The van der Waals surface area contributed by atoms with E-state index >= 15 is 0 Å². The van der Waals surface area contributed by atoms with Crippen LogP contribution >= 0.6 is 0 Å². The standard InChI is InChI=1S/C11H19F3O2/c1-3-5-7-9(11(12,13)14)10(15)16-8-6-4-2/h9H,3-8H2,1-2H3. The van der Waals surface area contributed by atoms with Crippen molar-refractivity contribution < 1.29 is 22.7 Å². The number of hydrogen-bond acceptors (Lipinski definition) is 2. The van der Waals surface area contributed by atoms with Crippen molar-refractivity contribution in [2.24, 2.45) is 5.92 Å². The minimum Gasteiger partial charge on any atom is -0.465 e. The highest BCUT2D eigenvalue weighted by molar-refractivity contribution is 5.73. The molecule has 2 nitrogen and oxygen atoms in total. The summed E-state index contributed by atoms with van der Waals surface area (Å²) in [6, 6.07) is 0. The topological polar surface area (TPSA) is 26.3 Å². The van der Waals surface area contributed by atoms with E-state index in [4.69, 9.17) is 0 Å². The molecule has 0 aliphatic carbocycles. The smallest absolute Gasteiger partial charge is 0.402 e. The van der Waals surface area contributed by atoms with Crippen molar-refractivity contribution in [1.29, 1.82) is 0 Å². The average Bonchev–Trinajstić information content (AvgIpc) is 2.16. The molecule has 0 aliphatic rings. The van der Waals surface area contributed by atoms with Crippen molar-refractivity contribution in [2.45, 2.75) is 52.1 Å². The number of esters is 1. The third kappa shape index (κ3) is 5.98. The summed E-state index contributed by atoms with van der Waals surface area (Å²) in [6.45, 7) is 3.75. The zero-order chi connectivity index (χ0) is 12.6. The highest BCUT2D eigenvalue weighted by Crippen LogP contribution is 2.31. The maximum absolute atomic E-state index is 12.5. The first kappa shape index (κ1) is 15.3. The number of carbonyl (C=O) groups excluding carboxylic acids is 1. The molecule has 1 unspecified atom stereocenters. The molecule has 0 heterocycles. The van der Waals surface area contributed by atoms with E-state index in [0.29, 0.717) is 19.3 Å². The molecular formula is C11H19F3O2. The van der Waals surface area contributed by atoms with Crippen molar-refractivity contribution in [3.8, 4) is 0 Å². The lowest BCUT2D eigenvalue weighted by Crippen LogP contribution is -2.32. The Bertz CT molecular complexity index is 202. The summed E-state index contributed by atoms with van der Waals surface area (Å²) in [6.07, 6.45) is -2.26. The van der Waals surface area contributed by atoms with Crippen LogP contribution in [0.1, 0.15) is 46.0 Å². The van der Waals surface area contributed by atoms with Gasteiger partial charge >= 0.3 is 12.1 Å². The number of hydrogen-bond donors (Lipinski definition) is 0. The van der Waals surface area contributed by atoms with Crippen molar-refractivity contribution in [1.82, 2.24) is 0 Å². The normalized spacial score (nSPS) is 13.6. The van der Waals surface area contributed by atoms with Gasteiger partial charge in [0.15, 0.2) is 5.92 Å². The van der Waals surface area contributed by atoms with E-state index in [1.165, 1.54) is 0 Å². The van der Waals surface area contributed by atoms with Crippen LogP contribution in [0.3, 0.4) is 0 Å². The van der Waals surface area contributed by atoms with E-state index in [1.807, 2.05) is 6.92 Å². The molecule has 0 rings (SSSR count). The number of halogens is 3. The van der Waals surface area contributed by atoms with Crippen molar-refractivity contribution in [3.63, 3.8) is 0 Å². The summed E-state index contributed by atoms with van der Waals surface area (Å²) >= 11 is 0. The van der Waals surface area contributed by atoms with Crippen LogP contribution in [0, 0.1) is 5.92 Å². The van der Waals surface area contributed by atoms with Gasteiger partial charge in [-0.1, -0.05) is 33.1 Å². The van der Waals surface area contributed by atoms with Gasteiger partial charge in [-0.05, 0) is 12.8 Å². The van der Waals surface area contributed by atoms with E-state index in [2.05, 4.69) is 4.74 Å². The van der Waals surface area contributed by atoms with E-state index in [1.54, 1.807) is 6.92 Å². The Morgan fingerprint density at radius 2 is 1.75 bits per heavy atom. The molecule has 0 aromatic heterocycles. The minimum absolute atomic E-state index is 0.0774. The summed E-state index contributed by atoms with van der Waals surface area (Å²) < 4.78 is 42.1. The Hall–Kier alpha value is -0.740. The van der Waals surface area contributed by atoms with Gasteiger partial charge in [0, 0.05) is 0 Å². The summed E-state index contributed by atoms with van der Waals surface area (Å²) in [7, 11) is 0. The summed E-state index contributed by atoms with van der Waals surface area (Å²) in [4.78, 5) is 11.2. The van der Waals surface area contributed by atoms with Gasteiger partial charge in [0.25, 0.3) is 0 Å². The van der Waals surface area contributed by atoms with E-state index in [9.17, 15) is 18.0 Å². The SMILES string of the molecule is CCCCOC(=O)C(CCCC)C(F)(F)F. The molecule has 0 aromatic rings. The highest BCUT2D eigenvalue weighted by Gasteiger charge is 2.45. The van der Waals surface area contributed by atoms with Crippen molar-refractivity contribution in [3.05, 3.63) is 0 Å². The summed E-state index contributed by atoms with van der Waals surface area (Å²) in [5, 5.41) is 0. The number of rotatable bonds is 7. The van der Waals surface area contributed by atoms with Crippen LogP contribution in [-0.4, -0.2) is 18.8 Å². The average molecular weight is 240 g/mol. The molecule has 0 spiro atoms. The molecule has 0 N–H and O–H groups in total. The van der Waals surface area contributed by atoms with Crippen LogP contribution in [0.15, 0.2) is 0 Å². The first-order chi connectivity index (χ1) is 7.43. The Morgan fingerprint density at radius 1 is 1.19 bits per heavy atom. The molecule has 0 saturated heterocycles. The van der Waals surface area contributed by atoms with Crippen LogP contribution < -0.4 is 0 Å². The fraction of sp³-hybridized carbons (Fsp3) is 0.909. The van der Waals surface area contributed by atoms with E-state index in [0.717, 1.165) is 6.42 Å². The lowest BCUT2D eigenvalue weighted by atomic mass is 10.0. The Morgan fingerprint density at radius 3 is 2.19 bits per heavy atom. The highest BCUT2D eigenvalue weighted by atomic mass is 19.4. The minimum atomic E-state index is -4.49. The number of unbranched alkanes of at least 4 members (excludes halogenated alkanes) is 2. The lowest BCUT2D eigenvalue weighted by molar-refractivity contribution is -0.199. The fourth-order valence-electron chi connectivity index (χ4n) is 1.24. The predicted molar refractivity (Wildman–Crippen MR) is 54.9 cm³/mol. The van der Waals surface area contributed by atoms with Gasteiger partial charge in [-0.25, -0.2) is 0 Å². The fourth-order valence-corrected chi connectivity index (χ4v) is 1.24. The van der Waals surface area contributed by atoms with Gasteiger partial charge in [-0.2, -0.15) is 13.2 Å². The first-order valence-corrected chi connectivity index (χ1v) is 5.66. The molecular weight excluding hydrogens is 221 g/mol. The molecule has 0 aliphatic heterocycles. The molecule has 0 bridgehead atoms. The summed E-state index contributed by atoms with van der Waals surface area (Å²) in [5.74, 6) is -3.08. The molecule has 0 amide bonds. The molecule has 5 heteroatoms. The van der Waals surface area contributed by atoms with Gasteiger partial charge in [0.1, 0.15) is 0 Å². The number of alkyl halides is 3.